The van der Waals surface area contributed by atoms with Crippen LogP contribution in [0, 0.1) is 11.8 Å². The lowest BCUT2D eigenvalue weighted by Gasteiger charge is -2.44. The molecule has 3 N–H and O–H groups in total. The molecular weight excluding hydrogens is 376 g/mol. The normalized spacial score (nSPS) is 29.9. The molecule has 1 aromatic carbocycles. The lowest BCUT2D eigenvalue weighted by molar-refractivity contribution is -0.153. The van der Waals surface area contributed by atoms with Gasteiger partial charge in [-0.2, -0.15) is 0 Å². The monoisotopic (exact) mass is 396 g/mol. The van der Waals surface area contributed by atoms with Crippen LogP contribution in [0.4, 0.5) is 0 Å². The molecule has 2 amide bonds. The number of hydrogen-bond acceptors (Lipinski definition) is 4. The Morgan fingerprint density at radius 1 is 1.17 bits per heavy atom. The molecule has 1 fully saturated rings. The molecule has 0 saturated heterocycles. The molecule has 4 atom stereocenters. The Bertz CT molecular complexity index is 657. The van der Waals surface area contributed by atoms with Gasteiger partial charge in [0, 0.05) is 30.9 Å². The van der Waals surface area contributed by atoms with Gasteiger partial charge in [0.05, 0.1) is 11.5 Å². The minimum atomic E-state index is -1.53. The van der Waals surface area contributed by atoms with E-state index in [-0.39, 0.29) is 12.2 Å². The van der Waals surface area contributed by atoms with Gasteiger partial charge >= 0.3 is 0 Å². The van der Waals surface area contributed by atoms with Crippen molar-refractivity contribution in [2.24, 2.45) is 11.8 Å². The van der Waals surface area contributed by atoms with E-state index in [2.05, 4.69) is 26.6 Å². The van der Waals surface area contributed by atoms with Gasteiger partial charge in [-0.3, -0.25) is 14.4 Å². The summed E-state index contributed by atoms with van der Waals surface area (Å²) >= 11 is 3.34. The number of benzene rings is 1. The van der Waals surface area contributed by atoms with E-state index in [1.165, 1.54) is 21.0 Å². The molecule has 6 nitrogen and oxygen atoms in total. The van der Waals surface area contributed by atoms with Gasteiger partial charge in [0.15, 0.2) is 0 Å². The van der Waals surface area contributed by atoms with Gasteiger partial charge in [-0.1, -0.05) is 28.1 Å². The predicted octanol–water partition coefficient (Wildman–Crippen LogP) is 0.981. The molecule has 0 aromatic heterocycles. The largest absolute Gasteiger partial charge is 0.389 e. The topological polar surface area (TPSA) is 95.5 Å². The second-order valence-electron chi connectivity index (χ2n) is 6.26. The Labute approximate surface area is 149 Å². The molecule has 0 heterocycles. The first-order valence-corrected chi connectivity index (χ1v) is 8.46. The molecule has 0 unspecified atom stereocenters. The molecule has 0 bridgehead atoms. The third kappa shape index (κ3) is 3.37. The van der Waals surface area contributed by atoms with Crippen LogP contribution in [-0.2, 0) is 14.4 Å². The molecule has 24 heavy (non-hydrogen) atoms. The van der Waals surface area contributed by atoms with Gasteiger partial charge in [0.1, 0.15) is 11.7 Å². The van der Waals surface area contributed by atoms with E-state index in [1.807, 2.05) is 0 Å². The fraction of sp³-hybridized carbons (Fsp3) is 0.471. The molecule has 7 heteroatoms. The molecule has 1 saturated carbocycles. The lowest BCUT2D eigenvalue weighted by atomic mass is 9.61. The molecule has 0 radical (unpaired) electrons. The van der Waals surface area contributed by atoms with Crippen molar-refractivity contribution in [2.75, 3.05) is 14.1 Å². The van der Waals surface area contributed by atoms with Crippen LogP contribution in [0.3, 0.4) is 0 Å². The van der Waals surface area contributed by atoms with Crippen LogP contribution in [0.5, 0.6) is 0 Å². The van der Waals surface area contributed by atoms with Crippen molar-refractivity contribution in [1.29, 1.82) is 0 Å². The number of carbonyl (C=O) groups excluding carboxylic acids is 3. The maximum Gasteiger partial charge on any atom is 0.230 e. The van der Waals surface area contributed by atoms with Crippen molar-refractivity contribution in [1.82, 2.24) is 10.6 Å². The maximum atomic E-state index is 12.6. The minimum Gasteiger partial charge on any atom is -0.389 e. The number of aliphatic hydroxyl groups is 1. The molecular formula is C17H21BrN2O4. The van der Waals surface area contributed by atoms with E-state index in [0.29, 0.717) is 5.56 Å². The van der Waals surface area contributed by atoms with Crippen LogP contribution in [0.1, 0.15) is 24.8 Å². The first-order valence-electron chi connectivity index (χ1n) is 7.66. The Balaban J connectivity index is 2.63. The number of halogens is 1. The van der Waals surface area contributed by atoms with Crippen molar-refractivity contribution in [3.8, 4) is 0 Å². The number of hydrogen-bond donors (Lipinski definition) is 3. The van der Waals surface area contributed by atoms with E-state index < -0.39 is 35.2 Å². The summed E-state index contributed by atoms with van der Waals surface area (Å²) in [6.45, 7) is 1.47. The van der Waals surface area contributed by atoms with E-state index in [0.717, 1.165) is 4.47 Å². The van der Waals surface area contributed by atoms with Crippen molar-refractivity contribution < 1.29 is 19.5 Å². The van der Waals surface area contributed by atoms with Crippen LogP contribution in [-0.4, -0.2) is 42.4 Å². The van der Waals surface area contributed by atoms with Gasteiger partial charge in [-0.25, -0.2) is 0 Å². The number of nitrogens with one attached hydrogen (secondary N) is 2. The zero-order valence-electron chi connectivity index (χ0n) is 13.8. The first kappa shape index (κ1) is 18.6. The fourth-order valence-corrected chi connectivity index (χ4v) is 3.75. The molecule has 1 aliphatic carbocycles. The second-order valence-corrected chi connectivity index (χ2v) is 7.18. The summed E-state index contributed by atoms with van der Waals surface area (Å²) in [6.07, 6.45) is -0.240. The Kier molecular flexibility index (Phi) is 5.45. The van der Waals surface area contributed by atoms with Crippen LogP contribution < -0.4 is 10.6 Å². The zero-order chi connectivity index (χ0) is 18.1. The average Bonchev–Trinajstić information content (AvgIpc) is 2.53. The summed E-state index contributed by atoms with van der Waals surface area (Å²) in [7, 11) is 2.93. The highest BCUT2D eigenvalue weighted by Crippen LogP contribution is 2.46. The predicted molar refractivity (Wildman–Crippen MR) is 92.2 cm³/mol. The van der Waals surface area contributed by atoms with Gasteiger partial charge < -0.3 is 15.7 Å². The summed E-state index contributed by atoms with van der Waals surface area (Å²) in [5, 5.41) is 15.8. The third-order valence-electron chi connectivity index (χ3n) is 4.58. The fourth-order valence-electron chi connectivity index (χ4n) is 3.49. The molecule has 0 aliphatic heterocycles. The summed E-state index contributed by atoms with van der Waals surface area (Å²) in [5.74, 6) is -3.88. The minimum absolute atomic E-state index is 0.240. The molecule has 2 rings (SSSR count). The van der Waals surface area contributed by atoms with Gasteiger partial charge in [0.25, 0.3) is 0 Å². The van der Waals surface area contributed by atoms with E-state index in [1.54, 1.807) is 24.3 Å². The average molecular weight is 397 g/mol. The van der Waals surface area contributed by atoms with Crippen LogP contribution >= 0.6 is 15.9 Å². The lowest BCUT2D eigenvalue weighted by Crippen LogP contribution is -2.57. The highest BCUT2D eigenvalue weighted by molar-refractivity contribution is 9.10. The van der Waals surface area contributed by atoms with E-state index >= 15 is 0 Å². The first-order chi connectivity index (χ1) is 11.2. The smallest absolute Gasteiger partial charge is 0.230 e. The summed E-state index contributed by atoms with van der Waals surface area (Å²) < 4.78 is 0.841. The van der Waals surface area contributed by atoms with E-state index in [9.17, 15) is 19.5 Å². The van der Waals surface area contributed by atoms with Crippen molar-refractivity contribution in [3.05, 3.63) is 34.3 Å². The van der Waals surface area contributed by atoms with Crippen LogP contribution in [0.15, 0.2) is 28.7 Å². The standard InChI is InChI=1S/C17H21BrN2O4/c1-17(24)8-11(21)13(15(22)19-2)12(14(17)16(23)20-3)9-4-6-10(18)7-5-9/h4-7,12-14,24H,8H2,1-3H3,(H,19,22)(H,20,23)/t12-,13-,14+,17+/m1/s1. The van der Waals surface area contributed by atoms with Crippen molar-refractivity contribution in [2.45, 2.75) is 24.9 Å². The summed E-state index contributed by atoms with van der Waals surface area (Å²) in [4.78, 5) is 37.4. The third-order valence-corrected chi connectivity index (χ3v) is 5.11. The second kappa shape index (κ2) is 7.03. The summed E-state index contributed by atoms with van der Waals surface area (Å²) in [5.41, 5.74) is -0.867. The molecule has 130 valence electrons. The Morgan fingerprint density at radius 2 is 1.71 bits per heavy atom. The van der Waals surface area contributed by atoms with Gasteiger partial charge in [-0.05, 0) is 24.6 Å². The highest BCUT2D eigenvalue weighted by Gasteiger charge is 2.55. The SMILES string of the molecule is CNC(=O)[C@@H]1C(=O)C[C@](C)(O)[C@H](C(=O)NC)[C@@H]1c1ccc(Br)cc1. The van der Waals surface area contributed by atoms with Crippen LogP contribution in [0.2, 0.25) is 0 Å². The summed E-state index contributed by atoms with van der Waals surface area (Å²) in [6, 6.07) is 7.08. The Morgan fingerprint density at radius 3 is 2.21 bits per heavy atom. The Hall–Kier alpha value is -1.73. The number of ketones is 1. The van der Waals surface area contributed by atoms with E-state index in [4.69, 9.17) is 0 Å². The quantitative estimate of drug-likeness (QED) is 0.663. The number of amides is 2. The number of carbonyl (C=O) groups is 3. The molecule has 1 aliphatic rings. The van der Waals surface area contributed by atoms with Crippen molar-refractivity contribution >= 4 is 33.5 Å². The molecule has 1 aromatic rings. The highest BCUT2D eigenvalue weighted by atomic mass is 79.9. The zero-order valence-corrected chi connectivity index (χ0v) is 15.4. The maximum absolute atomic E-state index is 12.6. The number of Topliss-reactive ketones (excluding diaryl/α,β-unsaturated/α-hetero) is 1. The van der Waals surface area contributed by atoms with Gasteiger partial charge in [0.2, 0.25) is 11.8 Å². The number of rotatable bonds is 3. The molecule has 0 spiro atoms. The van der Waals surface area contributed by atoms with Crippen LogP contribution in [0.25, 0.3) is 0 Å². The van der Waals surface area contributed by atoms with Gasteiger partial charge in [-0.15, -0.1) is 0 Å². The van der Waals surface area contributed by atoms with Crippen molar-refractivity contribution in [3.63, 3.8) is 0 Å².